The van der Waals surface area contributed by atoms with Crippen LogP contribution in [0.2, 0.25) is 0 Å². The third-order valence-electron chi connectivity index (χ3n) is 5.40. The SMILES string of the molecule is CON=C(C(=O)NC1C(=O)N2C(C(=O)O)=C(CSc3nnc(-c4ccncc4)s3)CS[C@@H]12)c1csc(N)n1. The molecule has 0 saturated carbocycles. The first-order valence-electron chi connectivity index (χ1n) is 10.8. The molecule has 0 bridgehead atoms. The molecule has 2 aliphatic rings. The molecule has 5 rings (SSSR count). The molecule has 3 aromatic rings. The van der Waals surface area contributed by atoms with E-state index < -0.39 is 29.2 Å². The van der Waals surface area contributed by atoms with Gasteiger partial charge in [0.2, 0.25) is 0 Å². The minimum atomic E-state index is -1.21. The Morgan fingerprint density at radius 2 is 2.13 bits per heavy atom. The second-order valence-electron chi connectivity index (χ2n) is 7.71. The minimum Gasteiger partial charge on any atom is -0.477 e. The van der Waals surface area contributed by atoms with E-state index in [0.29, 0.717) is 21.4 Å². The van der Waals surface area contributed by atoms with E-state index in [1.807, 2.05) is 12.1 Å². The summed E-state index contributed by atoms with van der Waals surface area (Å²) in [5.74, 6) is -1.73. The van der Waals surface area contributed by atoms with E-state index in [4.69, 9.17) is 10.6 Å². The van der Waals surface area contributed by atoms with Gasteiger partial charge < -0.3 is 21.0 Å². The number of anilines is 1. The van der Waals surface area contributed by atoms with Crippen molar-refractivity contribution in [2.24, 2.45) is 5.16 Å². The van der Waals surface area contributed by atoms with Gasteiger partial charge in [0, 0.05) is 34.8 Å². The van der Waals surface area contributed by atoms with Crippen molar-refractivity contribution in [3.63, 3.8) is 0 Å². The van der Waals surface area contributed by atoms with E-state index in [2.05, 4.69) is 30.6 Å². The number of nitrogens with two attached hydrogens (primary N) is 1. The van der Waals surface area contributed by atoms with E-state index >= 15 is 0 Å². The number of nitrogens with zero attached hydrogens (tertiary/aromatic N) is 6. The number of carboxylic acids is 1. The number of carbonyl (C=O) groups is 3. The van der Waals surface area contributed by atoms with Crippen LogP contribution in [0.4, 0.5) is 5.13 Å². The molecular formula is C21H18N8O5S4. The molecule has 38 heavy (non-hydrogen) atoms. The van der Waals surface area contributed by atoms with Crippen molar-refractivity contribution in [2.75, 3.05) is 24.3 Å². The fourth-order valence-corrected chi connectivity index (χ4v) is 7.61. The van der Waals surface area contributed by atoms with Gasteiger partial charge in [-0.1, -0.05) is 28.3 Å². The molecule has 2 aliphatic heterocycles. The highest BCUT2D eigenvalue weighted by molar-refractivity contribution is 8.01. The lowest BCUT2D eigenvalue weighted by Crippen LogP contribution is -2.71. The molecular weight excluding hydrogens is 573 g/mol. The van der Waals surface area contributed by atoms with Crippen molar-refractivity contribution >= 4 is 74.8 Å². The maximum absolute atomic E-state index is 13.0. The molecule has 196 valence electrons. The number of carbonyl (C=O) groups excluding carboxylic acids is 2. The number of fused-ring (bicyclic) bond motifs is 1. The number of hydrogen-bond acceptors (Lipinski definition) is 14. The predicted octanol–water partition coefficient (Wildman–Crippen LogP) is 1.52. The molecule has 4 N–H and O–H groups in total. The van der Waals surface area contributed by atoms with Crippen LogP contribution in [0.25, 0.3) is 10.6 Å². The summed E-state index contributed by atoms with van der Waals surface area (Å²) in [6, 6.07) is 2.73. The van der Waals surface area contributed by atoms with Crippen molar-refractivity contribution in [1.82, 2.24) is 30.4 Å². The average molecular weight is 591 g/mol. The van der Waals surface area contributed by atoms with Gasteiger partial charge >= 0.3 is 5.97 Å². The summed E-state index contributed by atoms with van der Waals surface area (Å²) in [6.45, 7) is 0. The Morgan fingerprint density at radius 3 is 2.82 bits per heavy atom. The molecule has 1 saturated heterocycles. The number of thioether (sulfide) groups is 2. The third-order valence-corrected chi connectivity index (χ3v) is 9.61. The van der Waals surface area contributed by atoms with E-state index in [-0.39, 0.29) is 22.2 Å². The number of aromatic nitrogens is 4. The van der Waals surface area contributed by atoms with Gasteiger partial charge in [-0.05, 0) is 17.7 Å². The summed E-state index contributed by atoms with van der Waals surface area (Å²) in [7, 11) is 1.28. The summed E-state index contributed by atoms with van der Waals surface area (Å²) in [4.78, 5) is 52.1. The largest absolute Gasteiger partial charge is 0.477 e. The molecule has 0 aliphatic carbocycles. The van der Waals surface area contributed by atoms with Gasteiger partial charge in [-0.3, -0.25) is 19.5 Å². The van der Waals surface area contributed by atoms with E-state index in [1.54, 1.807) is 17.8 Å². The Labute approximate surface area is 231 Å². The highest BCUT2D eigenvalue weighted by atomic mass is 32.2. The van der Waals surface area contributed by atoms with Crippen LogP contribution >= 0.6 is 46.2 Å². The zero-order valence-electron chi connectivity index (χ0n) is 19.4. The fourth-order valence-electron chi connectivity index (χ4n) is 3.72. The number of carboxylic acid groups (broad SMARTS) is 1. The first-order valence-corrected chi connectivity index (χ1v) is 14.5. The summed E-state index contributed by atoms with van der Waals surface area (Å²) < 4.78 is 0.675. The van der Waals surface area contributed by atoms with Crippen LogP contribution in [-0.4, -0.2) is 83.7 Å². The summed E-state index contributed by atoms with van der Waals surface area (Å²) in [5, 5.41) is 26.6. The van der Waals surface area contributed by atoms with Gasteiger partial charge in [-0.2, -0.15) is 0 Å². The molecule has 2 atom stereocenters. The summed E-state index contributed by atoms with van der Waals surface area (Å²) in [6.07, 6.45) is 3.34. The van der Waals surface area contributed by atoms with Crippen LogP contribution in [0.3, 0.4) is 0 Å². The number of rotatable bonds is 9. The smallest absolute Gasteiger partial charge is 0.352 e. The van der Waals surface area contributed by atoms with E-state index in [0.717, 1.165) is 21.9 Å². The van der Waals surface area contributed by atoms with E-state index in [1.165, 1.54) is 46.9 Å². The number of amides is 2. The molecule has 17 heteroatoms. The number of aliphatic carboxylic acids is 1. The predicted molar refractivity (Wildman–Crippen MR) is 144 cm³/mol. The number of hydrogen-bond donors (Lipinski definition) is 3. The Morgan fingerprint density at radius 1 is 1.34 bits per heavy atom. The Bertz CT molecular complexity index is 1460. The van der Waals surface area contributed by atoms with Gasteiger partial charge in [0.15, 0.2) is 15.2 Å². The molecule has 0 spiro atoms. The number of β-lactam (4-membered cyclic amide) rings is 1. The Balaban J connectivity index is 1.28. The lowest BCUT2D eigenvalue weighted by Gasteiger charge is -2.49. The van der Waals surface area contributed by atoms with Crippen molar-refractivity contribution in [3.05, 3.63) is 46.9 Å². The molecule has 2 amide bonds. The van der Waals surface area contributed by atoms with Crippen LogP contribution in [0.5, 0.6) is 0 Å². The van der Waals surface area contributed by atoms with Gasteiger partial charge in [0.05, 0.1) is 0 Å². The number of nitrogen functional groups attached to an aromatic ring is 1. The second-order valence-corrected chi connectivity index (χ2v) is 11.9. The van der Waals surface area contributed by atoms with Crippen LogP contribution < -0.4 is 11.1 Å². The van der Waals surface area contributed by atoms with Gasteiger partial charge in [-0.15, -0.1) is 33.3 Å². The third kappa shape index (κ3) is 5.09. The topological polar surface area (TPSA) is 186 Å². The molecule has 0 radical (unpaired) electrons. The quantitative estimate of drug-likeness (QED) is 0.141. The molecule has 1 unspecified atom stereocenters. The number of thiazole rings is 1. The minimum absolute atomic E-state index is 0.0753. The lowest BCUT2D eigenvalue weighted by atomic mass is 10.0. The molecule has 0 aromatic carbocycles. The van der Waals surface area contributed by atoms with Crippen LogP contribution in [0.1, 0.15) is 5.69 Å². The number of nitrogens with one attached hydrogen (secondary N) is 1. The summed E-state index contributed by atoms with van der Waals surface area (Å²) >= 11 is 5.24. The molecule has 3 aromatic heterocycles. The number of oxime groups is 1. The van der Waals surface area contributed by atoms with E-state index in [9.17, 15) is 19.5 Å². The monoisotopic (exact) mass is 590 g/mol. The Hall–Kier alpha value is -3.54. The Kier molecular flexibility index (Phi) is 7.59. The van der Waals surface area contributed by atoms with Crippen molar-refractivity contribution in [1.29, 1.82) is 0 Å². The molecule has 1 fully saturated rings. The van der Waals surface area contributed by atoms with Crippen LogP contribution in [-0.2, 0) is 19.2 Å². The standard InChI is InChI=1S/C21H18N8O5S4/c1-34-28-12(11-8-36-20(22)24-11)15(30)25-13-17(31)29-14(19(32)33)10(6-35-18(13)29)7-37-21-27-26-16(38-21)9-2-4-23-5-3-9/h2-5,8,13,18H,6-7H2,1H3,(H2,22,24)(H,25,30)(H,32,33)/t13?,18-/m0/s1. The fraction of sp³-hybridized carbons (Fsp3) is 0.238. The highest BCUT2D eigenvalue weighted by Gasteiger charge is 2.54. The van der Waals surface area contributed by atoms with Crippen molar-refractivity contribution < 1.29 is 24.3 Å². The average Bonchev–Trinajstić information content (AvgIpc) is 3.58. The van der Waals surface area contributed by atoms with Crippen LogP contribution in [0, 0.1) is 0 Å². The molecule has 13 nitrogen and oxygen atoms in total. The molecule has 5 heterocycles. The van der Waals surface area contributed by atoms with Crippen molar-refractivity contribution in [2.45, 2.75) is 15.8 Å². The first kappa shape index (κ1) is 26.1. The van der Waals surface area contributed by atoms with Crippen LogP contribution in [0.15, 0.2) is 50.7 Å². The lowest BCUT2D eigenvalue weighted by molar-refractivity contribution is -0.150. The summed E-state index contributed by atoms with van der Waals surface area (Å²) in [5.41, 5.74) is 7.12. The highest BCUT2D eigenvalue weighted by Crippen LogP contribution is 2.42. The van der Waals surface area contributed by atoms with Gasteiger partial charge in [0.25, 0.3) is 11.8 Å². The van der Waals surface area contributed by atoms with Gasteiger partial charge in [-0.25, -0.2) is 9.78 Å². The second kappa shape index (κ2) is 11.1. The zero-order valence-corrected chi connectivity index (χ0v) is 22.7. The number of pyridine rings is 1. The first-order chi connectivity index (χ1) is 18.4. The van der Waals surface area contributed by atoms with Crippen molar-refractivity contribution in [3.8, 4) is 10.6 Å². The maximum Gasteiger partial charge on any atom is 0.352 e. The zero-order chi connectivity index (χ0) is 26.8. The van der Waals surface area contributed by atoms with Gasteiger partial charge in [0.1, 0.15) is 34.9 Å². The normalized spacial score (nSPS) is 19.1. The maximum atomic E-state index is 13.0.